The monoisotopic (exact) mass is 238 g/mol. The number of hydrogen-bond donors (Lipinski definition) is 2. The molecule has 1 aromatic rings. The topological polar surface area (TPSA) is 75.4 Å². The van der Waals surface area contributed by atoms with Gasteiger partial charge >= 0.3 is 0 Å². The van der Waals surface area contributed by atoms with E-state index in [9.17, 15) is 15.2 Å². The van der Waals surface area contributed by atoms with Crippen LogP contribution in [-0.2, 0) is 0 Å². The van der Waals surface area contributed by atoms with E-state index < -0.39 is 4.92 Å². The van der Waals surface area contributed by atoms with Crippen molar-refractivity contribution in [2.75, 3.05) is 5.32 Å². The molecule has 0 aromatic heterocycles. The van der Waals surface area contributed by atoms with Crippen molar-refractivity contribution in [2.24, 2.45) is 0 Å². The minimum absolute atomic E-state index is 0.0837. The lowest BCUT2D eigenvalue weighted by molar-refractivity contribution is -0.384. The molecule has 0 radical (unpaired) electrons. The SMILES string of the molecule is CCCC(CC)Nc1ccc(O)cc1[N+](=O)[O-]. The molecule has 1 aromatic carbocycles. The van der Waals surface area contributed by atoms with Crippen LogP contribution in [0.5, 0.6) is 5.75 Å². The Morgan fingerprint density at radius 1 is 1.47 bits per heavy atom. The zero-order valence-corrected chi connectivity index (χ0v) is 10.1. The fourth-order valence-electron chi connectivity index (χ4n) is 1.74. The van der Waals surface area contributed by atoms with Crippen LogP contribution in [0, 0.1) is 10.1 Å². The first-order valence-electron chi connectivity index (χ1n) is 5.82. The molecule has 0 heterocycles. The third kappa shape index (κ3) is 3.62. The van der Waals surface area contributed by atoms with Crippen LogP contribution in [0.1, 0.15) is 33.1 Å². The van der Waals surface area contributed by atoms with Gasteiger partial charge in [-0.15, -0.1) is 0 Å². The summed E-state index contributed by atoms with van der Waals surface area (Å²) in [6, 6.07) is 4.39. The Morgan fingerprint density at radius 2 is 2.18 bits per heavy atom. The van der Waals surface area contributed by atoms with Crippen LogP contribution in [0.25, 0.3) is 0 Å². The van der Waals surface area contributed by atoms with Crippen molar-refractivity contribution in [3.05, 3.63) is 28.3 Å². The minimum Gasteiger partial charge on any atom is -0.508 e. The lowest BCUT2D eigenvalue weighted by Gasteiger charge is -2.17. The highest BCUT2D eigenvalue weighted by Crippen LogP contribution is 2.29. The molecule has 17 heavy (non-hydrogen) atoms. The Balaban J connectivity index is 2.92. The second-order valence-corrected chi connectivity index (χ2v) is 4.00. The highest BCUT2D eigenvalue weighted by atomic mass is 16.6. The number of nitrogens with zero attached hydrogens (tertiary/aromatic N) is 1. The molecular formula is C12H18N2O3. The summed E-state index contributed by atoms with van der Waals surface area (Å²) in [4.78, 5) is 10.4. The third-order valence-corrected chi connectivity index (χ3v) is 2.67. The molecule has 0 amide bonds. The van der Waals surface area contributed by atoms with E-state index in [1.54, 1.807) is 6.07 Å². The maximum absolute atomic E-state index is 10.9. The van der Waals surface area contributed by atoms with E-state index in [1.807, 2.05) is 6.92 Å². The van der Waals surface area contributed by atoms with Crippen molar-refractivity contribution in [3.63, 3.8) is 0 Å². The summed E-state index contributed by atoms with van der Waals surface area (Å²) in [5.74, 6) is -0.0919. The molecule has 5 heteroatoms. The quantitative estimate of drug-likeness (QED) is 0.453. The number of hydrogen-bond acceptors (Lipinski definition) is 4. The summed E-state index contributed by atoms with van der Waals surface area (Å²) in [7, 11) is 0. The van der Waals surface area contributed by atoms with Gasteiger partial charge in [0, 0.05) is 6.04 Å². The molecule has 1 atom stereocenters. The Labute approximate surface area is 101 Å². The molecule has 0 aliphatic rings. The maximum Gasteiger partial charge on any atom is 0.296 e. The highest BCUT2D eigenvalue weighted by Gasteiger charge is 2.16. The third-order valence-electron chi connectivity index (χ3n) is 2.67. The number of nitro benzene ring substituents is 1. The normalized spacial score (nSPS) is 12.1. The van der Waals surface area contributed by atoms with E-state index in [2.05, 4.69) is 12.2 Å². The largest absolute Gasteiger partial charge is 0.508 e. The first-order chi connectivity index (χ1) is 8.08. The molecular weight excluding hydrogens is 220 g/mol. The zero-order chi connectivity index (χ0) is 12.8. The molecule has 0 saturated carbocycles. The predicted molar refractivity (Wildman–Crippen MR) is 67.4 cm³/mol. The van der Waals surface area contributed by atoms with E-state index in [0.29, 0.717) is 5.69 Å². The van der Waals surface area contributed by atoms with Crippen LogP contribution in [0.3, 0.4) is 0 Å². The molecule has 0 aliphatic carbocycles. The molecule has 2 N–H and O–H groups in total. The van der Waals surface area contributed by atoms with Gasteiger partial charge in [0.25, 0.3) is 5.69 Å². The van der Waals surface area contributed by atoms with E-state index >= 15 is 0 Å². The number of nitro groups is 1. The molecule has 0 spiro atoms. The first kappa shape index (κ1) is 13.3. The van der Waals surface area contributed by atoms with Crippen LogP contribution in [0.15, 0.2) is 18.2 Å². The summed E-state index contributed by atoms with van der Waals surface area (Å²) in [5, 5.41) is 23.3. The second-order valence-electron chi connectivity index (χ2n) is 4.00. The van der Waals surface area contributed by atoms with Crippen LogP contribution in [-0.4, -0.2) is 16.1 Å². The smallest absolute Gasteiger partial charge is 0.296 e. The molecule has 0 aliphatic heterocycles. The second kappa shape index (κ2) is 6.08. The lowest BCUT2D eigenvalue weighted by Crippen LogP contribution is -2.18. The van der Waals surface area contributed by atoms with Gasteiger partial charge in [-0.2, -0.15) is 0 Å². The van der Waals surface area contributed by atoms with Crippen LogP contribution in [0.4, 0.5) is 11.4 Å². The van der Waals surface area contributed by atoms with Crippen molar-refractivity contribution in [2.45, 2.75) is 39.2 Å². The summed E-state index contributed by atoms with van der Waals surface area (Å²) in [5.41, 5.74) is 0.382. The Hall–Kier alpha value is -1.78. The van der Waals surface area contributed by atoms with Gasteiger partial charge in [-0.25, -0.2) is 0 Å². The van der Waals surface area contributed by atoms with Gasteiger partial charge in [0.1, 0.15) is 11.4 Å². The summed E-state index contributed by atoms with van der Waals surface area (Å²) < 4.78 is 0. The number of phenols is 1. The van der Waals surface area contributed by atoms with E-state index in [-0.39, 0.29) is 17.5 Å². The molecule has 94 valence electrons. The number of aromatic hydroxyl groups is 1. The van der Waals surface area contributed by atoms with E-state index in [1.165, 1.54) is 12.1 Å². The highest BCUT2D eigenvalue weighted by molar-refractivity contribution is 5.64. The molecule has 0 bridgehead atoms. The van der Waals surface area contributed by atoms with E-state index in [4.69, 9.17) is 0 Å². The number of benzene rings is 1. The van der Waals surface area contributed by atoms with Gasteiger partial charge in [-0.1, -0.05) is 20.3 Å². The van der Waals surface area contributed by atoms with Gasteiger partial charge in [0.2, 0.25) is 0 Å². The standard InChI is InChI=1S/C12H18N2O3/c1-3-5-9(4-2)13-11-7-6-10(15)8-12(11)14(16)17/h6-9,13,15H,3-5H2,1-2H3. The van der Waals surface area contributed by atoms with Crippen molar-refractivity contribution in [1.29, 1.82) is 0 Å². The van der Waals surface area contributed by atoms with Gasteiger partial charge in [-0.3, -0.25) is 10.1 Å². The number of rotatable bonds is 6. The predicted octanol–water partition coefficient (Wildman–Crippen LogP) is 3.29. The number of anilines is 1. The molecule has 5 nitrogen and oxygen atoms in total. The van der Waals surface area contributed by atoms with Crippen molar-refractivity contribution >= 4 is 11.4 Å². The van der Waals surface area contributed by atoms with Crippen LogP contribution >= 0.6 is 0 Å². The van der Waals surface area contributed by atoms with Gasteiger partial charge < -0.3 is 10.4 Å². The Morgan fingerprint density at radius 3 is 2.71 bits per heavy atom. The van der Waals surface area contributed by atoms with Crippen molar-refractivity contribution < 1.29 is 10.0 Å². The average molecular weight is 238 g/mol. The fraction of sp³-hybridized carbons (Fsp3) is 0.500. The van der Waals surface area contributed by atoms with E-state index in [0.717, 1.165) is 19.3 Å². The first-order valence-corrected chi connectivity index (χ1v) is 5.82. The van der Waals surface area contributed by atoms with Crippen LogP contribution in [0.2, 0.25) is 0 Å². The Kier molecular flexibility index (Phi) is 4.75. The van der Waals surface area contributed by atoms with Gasteiger partial charge in [0.05, 0.1) is 11.0 Å². The molecule has 1 rings (SSSR count). The number of nitrogens with one attached hydrogen (secondary N) is 1. The van der Waals surface area contributed by atoms with Gasteiger partial charge in [0.15, 0.2) is 0 Å². The number of phenolic OH excluding ortho intramolecular Hbond substituents is 1. The average Bonchev–Trinajstić information content (AvgIpc) is 2.30. The maximum atomic E-state index is 10.9. The molecule has 0 saturated heterocycles. The Bertz CT molecular complexity index is 393. The summed E-state index contributed by atoms with van der Waals surface area (Å²) >= 11 is 0. The lowest BCUT2D eigenvalue weighted by atomic mass is 10.1. The van der Waals surface area contributed by atoms with Gasteiger partial charge in [-0.05, 0) is 25.0 Å². The van der Waals surface area contributed by atoms with Crippen molar-refractivity contribution in [1.82, 2.24) is 0 Å². The van der Waals surface area contributed by atoms with Crippen LogP contribution < -0.4 is 5.32 Å². The minimum atomic E-state index is -0.485. The fourth-order valence-corrected chi connectivity index (χ4v) is 1.74. The summed E-state index contributed by atoms with van der Waals surface area (Å²) in [6.07, 6.45) is 2.90. The zero-order valence-electron chi connectivity index (χ0n) is 10.1. The summed E-state index contributed by atoms with van der Waals surface area (Å²) in [6.45, 7) is 4.12. The molecule has 0 fully saturated rings. The van der Waals surface area contributed by atoms with Crippen molar-refractivity contribution in [3.8, 4) is 5.75 Å². The molecule has 1 unspecified atom stereocenters.